The minimum Gasteiger partial charge on any atom is -0.507 e. The predicted octanol–water partition coefficient (Wildman–Crippen LogP) is 3.94. The molecule has 1 fully saturated rings. The van der Waals surface area contributed by atoms with Crippen LogP contribution in [-0.2, 0) is 15.9 Å². The molecule has 2 N–H and O–H groups in total. The fourth-order valence-electron chi connectivity index (χ4n) is 4.51. The van der Waals surface area contributed by atoms with Crippen LogP contribution in [0.1, 0.15) is 79.5 Å². The summed E-state index contributed by atoms with van der Waals surface area (Å²) < 4.78 is 18.3. The van der Waals surface area contributed by atoms with Gasteiger partial charge < -0.3 is 24.4 Å². The van der Waals surface area contributed by atoms with Gasteiger partial charge in [-0.15, -0.1) is 0 Å². The number of ether oxygens (including phenoxy) is 3. The van der Waals surface area contributed by atoms with E-state index < -0.39 is 11.8 Å². The molecular weight excluding hydrogens is 336 g/mol. The lowest BCUT2D eigenvalue weighted by atomic mass is 9.84. The van der Waals surface area contributed by atoms with Crippen LogP contribution in [-0.4, -0.2) is 34.7 Å². The number of unbranched alkanes of at least 4 members (excludes halogenated alkanes) is 2. The molecule has 0 unspecified atom stereocenters. The minimum atomic E-state index is -1.20. The van der Waals surface area contributed by atoms with Crippen LogP contribution in [0.2, 0.25) is 0 Å². The Morgan fingerprint density at radius 2 is 2.23 bits per heavy atom. The molecule has 0 bridgehead atoms. The van der Waals surface area contributed by atoms with Gasteiger partial charge in [0.05, 0.1) is 18.8 Å². The van der Waals surface area contributed by atoms with E-state index in [9.17, 15) is 15.0 Å². The van der Waals surface area contributed by atoms with Gasteiger partial charge in [-0.05, 0) is 30.9 Å². The summed E-state index contributed by atoms with van der Waals surface area (Å²) in [5.41, 5.74) is 1.54. The van der Waals surface area contributed by atoms with Crippen molar-refractivity contribution in [2.75, 3.05) is 6.61 Å². The van der Waals surface area contributed by atoms with Gasteiger partial charge >= 0.3 is 5.97 Å². The van der Waals surface area contributed by atoms with Crippen molar-refractivity contribution in [3.05, 3.63) is 22.8 Å². The average molecular weight is 362 g/mol. The Labute approximate surface area is 153 Å². The highest BCUT2D eigenvalue weighted by molar-refractivity contribution is 5.95. The number of aromatic carboxylic acids is 1. The highest BCUT2D eigenvalue weighted by Gasteiger charge is 2.49. The molecule has 26 heavy (non-hydrogen) atoms. The molecule has 0 radical (unpaired) electrons. The Morgan fingerprint density at radius 3 is 2.92 bits per heavy atom. The van der Waals surface area contributed by atoms with Gasteiger partial charge in [-0.3, -0.25) is 0 Å². The maximum Gasteiger partial charge on any atom is 0.343 e. The molecule has 1 aromatic carbocycles. The predicted molar refractivity (Wildman–Crippen MR) is 93.7 cm³/mol. The van der Waals surface area contributed by atoms with Crippen molar-refractivity contribution in [3.63, 3.8) is 0 Å². The third kappa shape index (κ3) is 2.95. The van der Waals surface area contributed by atoms with Crippen LogP contribution in [0.25, 0.3) is 0 Å². The third-order valence-electron chi connectivity index (χ3n) is 5.71. The first kappa shape index (κ1) is 17.6. The SMILES string of the molecule is CCCCC[C@@H]1Cc2cc(O)c(C(=O)O)c3c2[C@@H](C[C@]2(CCCO2)O3)O1. The number of phenols is 1. The third-order valence-corrected chi connectivity index (χ3v) is 5.71. The zero-order valence-corrected chi connectivity index (χ0v) is 15.1. The van der Waals surface area contributed by atoms with Gasteiger partial charge in [0, 0.05) is 18.4 Å². The van der Waals surface area contributed by atoms with Crippen LogP contribution < -0.4 is 4.74 Å². The lowest BCUT2D eigenvalue weighted by Crippen LogP contribution is -2.44. The monoisotopic (exact) mass is 362 g/mol. The highest BCUT2D eigenvalue weighted by Crippen LogP contribution is 2.53. The van der Waals surface area contributed by atoms with Crippen molar-refractivity contribution < 1.29 is 29.2 Å². The Bertz CT molecular complexity index is 707. The number of carboxylic acid groups (broad SMARTS) is 1. The summed E-state index contributed by atoms with van der Waals surface area (Å²) in [4.78, 5) is 11.7. The smallest absolute Gasteiger partial charge is 0.343 e. The second-order valence-electron chi connectivity index (χ2n) is 7.59. The van der Waals surface area contributed by atoms with Crippen LogP contribution >= 0.6 is 0 Å². The molecule has 3 aliphatic rings. The lowest BCUT2D eigenvalue weighted by Gasteiger charge is -2.44. The Kier molecular flexibility index (Phi) is 4.57. The van der Waals surface area contributed by atoms with E-state index >= 15 is 0 Å². The Morgan fingerprint density at radius 1 is 1.38 bits per heavy atom. The van der Waals surface area contributed by atoms with E-state index in [1.807, 2.05) is 0 Å². The molecule has 0 amide bonds. The van der Waals surface area contributed by atoms with Gasteiger partial charge in [0.2, 0.25) is 5.79 Å². The van der Waals surface area contributed by atoms with E-state index in [1.165, 1.54) is 6.42 Å². The lowest BCUT2D eigenvalue weighted by molar-refractivity contribution is -0.197. The molecule has 6 heteroatoms. The summed E-state index contributed by atoms with van der Waals surface area (Å²) in [5, 5.41) is 19.9. The summed E-state index contributed by atoms with van der Waals surface area (Å²) in [6.45, 7) is 2.77. The van der Waals surface area contributed by atoms with E-state index in [-0.39, 0.29) is 29.3 Å². The summed E-state index contributed by atoms with van der Waals surface area (Å²) in [7, 11) is 0. The number of benzene rings is 1. The van der Waals surface area contributed by atoms with Crippen LogP contribution in [0.4, 0.5) is 0 Å². The molecule has 0 aliphatic carbocycles. The van der Waals surface area contributed by atoms with Crippen LogP contribution in [0.15, 0.2) is 6.07 Å². The number of rotatable bonds is 5. The molecule has 4 rings (SSSR count). The second kappa shape index (κ2) is 6.74. The van der Waals surface area contributed by atoms with Crippen molar-refractivity contribution >= 4 is 5.97 Å². The van der Waals surface area contributed by atoms with Crippen LogP contribution in [0.3, 0.4) is 0 Å². The Balaban J connectivity index is 1.74. The van der Waals surface area contributed by atoms with Gasteiger partial charge in [-0.1, -0.05) is 26.2 Å². The number of carboxylic acids is 1. The van der Waals surface area contributed by atoms with Gasteiger partial charge in [-0.2, -0.15) is 0 Å². The summed E-state index contributed by atoms with van der Waals surface area (Å²) in [6, 6.07) is 1.58. The number of aromatic hydroxyl groups is 1. The first-order chi connectivity index (χ1) is 12.5. The second-order valence-corrected chi connectivity index (χ2v) is 7.59. The molecule has 3 aliphatic heterocycles. The van der Waals surface area contributed by atoms with Crippen molar-refractivity contribution in [2.45, 2.75) is 76.3 Å². The zero-order chi connectivity index (χ0) is 18.3. The van der Waals surface area contributed by atoms with E-state index in [4.69, 9.17) is 14.2 Å². The fourth-order valence-corrected chi connectivity index (χ4v) is 4.51. The largest absolute Gasteiger partial charge is 0.507 e. The van der Waals surface area contributed by atoms with Gasteiger partial charge in [0.25, 0.3) is 0 Å². The molecule has 1 saturated heterocycles. The number of hydrogen-bond donors (Lipinski definition) is 2. The normalized spacial score (nSPS) is 29.4. The van der Waals surface area contributed by atoms with Crippen molar-refractivity contribution in [3.8, 4) is 11.5 Å². The number of carbonyl (C=O) groups is 1. The van der Waals surface area contributed by atoms with Gasteiger partial charge in [-0.25, -0.2) is 4.79 Å². The maximum atomic E-state index is 11.7. The van der Waals surface area contributed by atoms with E-state index in [0.717, 1.165) is 36.8 Å². The molecule has 3 heterocycles. The molecule has 1 spiro atoms. The number of hydrogen-bond acceptors (Lipinski definition) is 5. The summed E-state index contributed by atoms with van der Waals surface area (Å²) in [6.07, 6.45) is 7.06. The maximum absolute atomic E-state index is 11.7. The minimum absolute atomic E-state index is 0.0820. The van der Waals surface area contributed by atoms with Crippen molar-refractivity contribution in [1.82, 2.24) is 0 Å². The van der Waals surface area contributed by atoms with Crippen LogP contribution in [0, 0.1) is 0 Å². The van der Waals surface area contributed by atoms with E-state index in [1.54, 1.807) is 6.07 Å². The van der Waals surface area contributed by atoms with Crippen molar-refractivity contribution in [2.24, 2.45) is 0 Å². The zero-order valence-electron chi connectivity index (χ0n) is 15.1. The Hall–Kier alpha value is -1.79. The summed E-state index contributed by atoms with van der Waals surface area (Å²) >= 11 is 0. The van der Waals surface area contributed by atoms with Crippen LogP contribution in [0.5, 0.6) is 11.5 Å². The molecule has 1 aromatic rings. The fraction of sp³-hybridized carbons (Fsp3) is 0.650. The molecule has 0 aromatic heterocycles. The quantitative estimate of drug-likeness (QED) is 0.772. The van der Waals surface area contributed by atoms with Crippen molar-refractivity contribution in [1.29, 1.82) is 0 Å². The van der Waals surface area contributed by atoms with Gasteiger partial charge in [0.1, 0.15) is 17.1 Å². The molecular formula is C20H26O6. The standard InChI is InChI=1S/C20H26O6/c1-2-3-4-6-13-9-12-10-14(21)17(19(22)23)18-16(12)15(25-13)11-20(26-18)7-5-8-24-20/h10,13,15,21H,2-9,11H2,1H3,(H,22,23)/t13-,15-,20+/m1/s1. The molecule has 3 atom stereocenters. The van der Waals surface area contributed by atoms with Gasteiger partial charge in [0.15, 0.2) is 0 Å². The highest BCUT2D eigenvalue weighted by atomic mass is 16.7. The molecule has 0 saturated carbocycles. The van der Waals surface area contributed by atoms with E-state index in [0.29, 0.717) is 25.9 Å². The first-order valence-corrected chi connectivity index (χ1v) is 9.63. The first-order valence-electron chi connectivity index (χ1n) is 9.63. The molecule has 6 nitrogen and oxygen atoms in total. The van der Waals surface area contributed by atoms with E-state index in [2.05, 4.69) is 6.92 Å². The summed E-state index contributed by atoms with van der Waals surface area (Å²) in [5.74, 6) is -2.04. The topological polar surface area (TPSA) is 85.2 Å². The molecule has 142 valence electrons. The average Bonchev–Trinajstić information content (AvgIpc) is 3.01.